The third-order valence-corrected chi connectivity index (χ3v) is 4.58. The Balaban J connectivity index is 2.90. The maximum Gasteiger partial charge on any atom is 0.181 e. The molecule has 0 aliphatic rings. The van der Waals surface area contributed by atoms with Crippen molar-refractivity contribution in [3.8, 4) is 0 Å². The van der Waals surface area contributed by atoms with E-state index < -0.39 is 15.7 Å². The van der Waals surface area contributed by atoms with E-state index in [1.54, 1.807) is 11.8 Å². The van der Waals surface area contributed by atoms with Crippen LogP contribution < -0.4 is 5.73 Å². The fourth-order valence-corrected chi connectivity index (χ4v) is 3.26. The van der Waals surface area contributed by atoms with Crippen LogP contribution in [0.4, 0.5) is 10.1 Å². The van der Waals surface area contributed by atoms with Crippen molar-refractivity contribution < 1.29 is 12.8 Å². The van der Waals surface area contributed by atoms with E-state index in [1.165, 1.54) is 12.1 Å². The van der Waals surface area contributed by atoms with Gasteiger partial charge in [0.25, 0.3) is 0 Å². The highest BCUT2D eigenvalue weighted by molar-refractivity contribution is 7.98. The number of thioether (sulfide) groups is 1. The lowest BCUT2D eigenvalue weighted by Crippen LogP contribution is -2.10. The molecule has 0 atom stereocenters. The topological polar surface area (TPSA) is 60.2 Å². The van der Waals surface area contributed by atoms with Gasteiger partial charge in [-0.25, -0.2) is 12.8 Å². The van der Waals surface area contributed by atoms with Crippen molar-refractivity contribution in [1.82, 2.24) is 0 Å². The van der Waals surface area contributed by atoms with Crippen molar-refractivity contribution in [3.05, 3.63) is 24.0 Å². The Bertz CT molecular complexity index is 460. The van der Waals surface area contributed by atoms with Crippen LogP contribution in [0.15, 0.2) is 23.1 Å². The number of hydrogen-bond acceptors (Lipinski definition) is 4. The zero-order valence-corrected chi connectivity index (χ0v) is 10.6. The summed E-state index contributed by atoms with van der Waals surface area (Å²) in [5, 5.41) is 0. The van der Waals surface area contributed by atoms with E-state index in [1.807, 2.05) is 6.26 Å². The van der Waals surface area contributed by atoms with Crippen LogP contribution in [0.25, 0.3) is 0 Å². The van der Waals surface area contributed by atoms with Crippen LogP contribution in [0.1, 0.15) is 6.42 Å². The second kappa shape index (κ2) is 5.54. The van der Waals surface area contributed by atoms with Gasteiger partial charge in [-0.1, -0.05) is 0 Å². The number of halogens is 1. The summed E-state index contributed by atoms with van der Waals surface area (Å²) in [6.45, 7) is 0. The zero-order valence-electron chi connectivity index (χ0n) is 8.94. The van der Waals surface area contributed by atoms with Gasteiger partial charge in [0.15, 0.2) is 9.84 Å². The molecule has 0 saturated heterocycles. The normalized spacial score (nSPS) is 11.6. The molecule has 1 aromatic carbocycles. The Morgan fingerprint density at radius 1 is 1.44 bits per heavy atom. The first-order valence-corrected chi connectivity index (χ1v) is 7.78. The smallest absolute Gasteiger partial charge is 0.181 e. The van der Waals surface area contributed by atoms with E-state index in [0.29, 0.717) is 6.42 Å². The number of hydrogen-bond donors (Lipinski definition) is 1. The van der Waals surface area contributed by atoms with Crippen LogP contribution in [0.5, 0.6) is 0 Å². The minimum Gasteiger partial charge on any atom is -0.399 e. The second-order valence-corrected chi connectivity index (χ2v) is 6.42. The van der Waals surface area contributed by atoms with Gasteiger partial charge in [0.1, 0.15) is 10.7 Å². The molecule has 0 amide bonds. The number of nitrogens with two attached hydrogens (primary N) is 1. The molecule has 0 saturated carbocycles. The summed E-state index contributed by atoms with van der Waals surface area (Å²) in [6, 6.07) is 3.64. The van der Waals surface area contributed by atoms with Crippen molar-refractivity contribution in [3.63, 3.8) is 0 Å². The van der Waals surface area contributed by atoms with Crippen molar-refractivity contribution in [2.75, 3.05) is 23.5 Å². The fraction of sp³-hybridized carbons (Fsp3) is 0.400. The predicted octanol–water partition coefficient (Wildman–Crippen LogP) is 1.93. The number of rotatable bonds is 5. The molecule has 1 aromatic rings. The summed E-state index contributed by atoms with van der Waals surface area (Å²) in [7, 11) is -3.52. The molecule has 0 aromatic heterocycles. The van der Waals surface area contributed by atoms with Gasteiger partial charge in [0.2, 0.25) is 0 Å². The van der Waals surface area contributed by atoms with Gasteiger partial charge in [0.05, 0.1) is 5.75 Å². The van der Waals surface area contributed by atoms with Crippen LogP contribution in [-0.2, 0) is 9.84 Å². The Kier molecular flexibility index (Phi) is 4.61. The van der Waals surface area contributed by atoms with Gasteiger partial charge >= 0.3 is 0 Å². The van der Waals surface area contributed by atoms with Crippen LogP contribution in [0.3, 0.4) is 0 Å². The molecule has 0 radical (unpaired) electrons. The van der Waals surface area contributed by atoms with E-state index in [0.717, 1.165) is 11.8 Å². The van der Waals surface area contributed by atoms with E-state index in [4.69, 9.17) is 5.73 Å². The van der Waals surface area contributed by atoms with Crippen LogP contribution >= 0.6 is 11.8 Å². The van der Waals surface area contributed by atoms with Gasteiger partial charge in [-0.15, -0.1) is 0 Å². The summed E-state index contributed by atoms with van der Waals surface area (Å²) in [5.74, 6) is -0.0611. The molecule has 0 bridgehead atoms. The van der Waals surface area contributed by atoms with Gasteiger partial charge in [-0.05, 0) is 36.6 Å². The van der Waals surface area contributed by atoms with E-state index in [9.17, 15) is 12.8 Å². The molecular formula is C10H14FNO2S2. The average Bonchev–Trinajstić information content (AvgIpc) is 2.17. The summed E-state index contributed by atoms with van der Waals surface area (Å²) >= 11 is 1.57. The molecule has 0 aliphatic heterocycles. The highest BCUT2D eigenvalue weighted by Gasteiger charge is 2.18. The summed E-state index contributed by atoms with van der Waals surface area (Å²) in [5.41, 5.74) is 5.58. The van der Waals surface area contributed by atoms with Crippen LogP contribution in [-0.4, -0.2) is 26.2 Å². The highest BCUT2D eigenvalue weighted by atomic mass is 32.2. The minimum absolute atomic E-state index is 0.0331. The fourth-order valence-electron chi connectivity index (χ4n) is 1.27. The molecule has 3 nitrogen and oxygen atoms in total. The number of nitrogen functional groups attached to an aromatic ring is 1. The quantitative estimate of drug-likeness (QED) is 0.651. The summed E-state index contributed by atoms with van der Waals surface area (Å²) < 4.78 is 36.9. The van der Waals surface area contributed by atoms with Crippen LogP contribution in [0.2, 0.25) is 0 Å². The first-order valence-electron chi connectivity index (χ1n) is 4.74. The van der Waals surface area contributed by atoms with Crippen molar-refractivity contribution >= 4 is 27.3 Å². The Morgan fingerprint density at radius 3 is 2.69 bits per heavy atom. The summed E-state index contributed by atoms with van der Waals surface area (Å²) in [4.78, 5) is -0.261. The molecule has 0 aliphatic carbocycles. The lowest BCUT2D eigenvalue weighted by Gasteiger charge is -2.05. The first-order chi connectivity index (χ1) is 7.47. The molecule has 90 valence electrons. The first kappa shape index (κ1) is 13.3. The van der Waals surface area contributed by atoms with Gasteiger partial charge in [-0.2, -0.15) is 11.8 Å². The van der Waals surface area contributed by atoms with Gasteiger partial charge in [-0.3, -0.25) is 0 Å². The third-order valence-electron chi connectivity index (χ3n) is 2.05. The maximum atomic E-state index is 13.4. The second-order valence-electron chi connectivity index (χ2n) is 3.36. The molecule has 0 fully saturated rings. The third kappa shape index (κ3) is 3.38. The monoisotopic (exact) mass is 263 g/mol. The van der Waals surface area contributed by atoms with E-state index in [2.05, 4.69) is 0 Å². The predicted molar refractivity (Wildman–Crippen MR) is 65.9 cm³/mol. The summed E-state index contributed by atoms with van der Waals surface area (Å²) in [6.07, 6.45) is 2.42. The molecule has 0 spiro atoms. The lowest BCUT2D eigenvalue weighted by molar-refractivity contribution is 0.566. The molecule has 16 heavy (non-hydrogen) atoms. The molecule has 0 unspecified atom stereocenters. The molecule has 2 N–H and O–H groups in total. The zero-order chi connectivity index (χ0) is 12.2. The van der Waals surface area contributed by atoms with Crippen LogP contribution in [0, 0.1) is 5.82 Å². The van der Waals surface area contributed by atoms with Crippen molar-refractivity contribution in [1.29, 1.82) is 0 Å². The Hall–Kier alpha value is -0.750. The largest absolute Gasteiger partial charge is 0.399 e. The SMILES string of the molecule is CSCCCS(=O)(=O)c1ccc(N)cc1F. The minimum atomic E-state index is -3.52. The van der Waals surface area contributed by atoms with E-state index >= 15 is 0 Å². The average molecular weight is 263 g/mol. The standard InChI is InChI=1S/C10H14FNO2S2/c1-15-5-2-6-16(13,14)10-4-3-8(12)7-9(10)11/h3-4,7H,2,5-6,12H2,1H3. The van der Waals surface area contributed by atoms with Crippen molar-refractivity contribution in [2.24, 2.45) is 0 Å². The van der Waals surface area contributed by atoms with E-state index in [-0.39, 0.29) is 16.3 Å². The number of sulfone groups is 1. The molecular weight excluding hydrogens is 249 g/mol. The maximum absolute atomic E-state index is 13.4. The lowest BCUT2D eigenvalue weighted by atomic mass is 10.3. The highest BCUT2D eigenvalue weighted by Crippen LogP contribution is 2.19. The van der Waals surface area contributed by atoms with Gasteiger partial charge in [0, 0.05) is 5.69 Å². The van der Waals surface area contributed by atoms with Gasteiger partial charge < -0.3 is 5.73 Å². The Morgan fingerprint density at radius 2 is 2.12 bits per heavy atom. The van der Waals surface area contributed by atoms with Crippen molar-refractivity contribution in [2.45, 2.75) is 11.3 Å². The molecule has 6 heteroatoms. The number of anilines is 1. The molecule has 1 rings (SSSR count). The number of benzene rings is 1. The molecule has 0 heterocycles. The Labute approximate surface area is 99.1 Å².